The van der Waals surface area contributed by atoms with E-state index in [1.165, 1.54) is 6.54 Å². The molecule has 1 nitrogen and oxygen atoms in total. The topological polar surface area (TPSA) is 3.24 Å². The number of likely N-dealkylation sites (tertiary alicyclic amines) is 1. The zero-order valence-electron chi connectivity index (χ0n) is 11.2. The molecule has 0 aromatic carbocycles. The fraction of sp³-hybridized carbons (Fsp3) is 1.00. The van der Waals surface area contributed by atoms with Gasteiger partial charge < -0.3 is 4.90 Å². The number of hydrogen-bond donors (Lipinski definition) is 0. The third kappa shape index (κ3) is 1.82. The standard InChI is InChI=1S/C8H22B5N/c1-6(2,3)14-4-7(10,11)5(9)8(14,12)13/h5H,4,9-13H2,1-3H3. The zero-order valence-corrected chi connectivity index (χ0v) is 11.2. The maximum absolute atomic E-state index is 2.66. The quantitative estimate of drug-likeness (QED) is 0.361. The Morgan fingerprint density at radius 3 is 1.71 bits per heavy atom. The average molecular weight is 186 g/mol. The summed E-state index contributed by atoms with van der Waals surface area (Å²) in [4.78, 5) is 2.66. The minimum absolute atomic E-state index is 0.283. The van der Waals surface area contributed by atoms with Crippen LogP contribution < -0.4 is 0 Å². The molecule has 1 atom stereocenters. The van der Waals surface area contributed by atoms with Crippen LogP contribution in [0.15, 0.2) is 0 Å². The summed E-state index contributed by atoms with van der Waals surface area (Å²) in [5.74, 6) is 0.745. The molecule has 1 saturated heterocycles. The van der Waals surface area contributed by atoms with E-state index in [0.29, 0.717) is 10.6 Å². The molecule has 0 saturated carbocycles. The summed E-state index contributed by atoms with van der Waals surface area (Å²) in [7, 11) is 12.0. The van der Waals surface area contributed by atoms with E-state index >= 15 is 0 Å². The second-order valence-corrected chi connectivity index (χ2v) is 7.12. The van der Waals surface area contributed by atoms with E-state index in [1.54, 1.807) is 0 Å². The summed E-state index contributed by atoms with van der Waals surface area (Å²) < 4.78 is 0. The Bertz CT molecular complexity index is 232. The molecule has 0 spiro atoms. The van der Waals surface area contributed by atoms with Gasteiger partial charge in [0.05, 0.1) is 0 Å². The fourth-order valence-corrected chi connectivity index (χ4v) is 3.04. The molecule has 6 heteroatoms. The van der Waals surface area contributed by atoms with Crippen molar-refractivity contribution in [2.45, 2.75) is 42.7 Å². The second kappa shape index (κ2) is 3.14. The molecule has 0 bridgehead atoms. The lowest BCUT2D eigenvalue weighted by molar-refractivity contribution is 0.138. The van der Waals surface area contributed by atoms with E-state index < -0.39 is 0 Å². The Hall–Kier alpha value is 0.285. The van der Waals surface area contributed by atoms with Crippen LogP contribution in [-0.2, 0) is 0 Å². The Balaban J connectivity index is 3.03. The van der Waals surface area contributed by atoms with Gasteiger partial charge in [-0.1, -0.05) is 11.0 Å². The van der Waals surface area contributed by atoms with Crippen LogP contribution in [0.4, 0.5) is 0 Å². The van der Waals surface area contributed by atoms with E-state index in [4.69, 9.17) is 0 Å². The van der Waals surface area contributed by atoms with Gasteiger partial charge in [0.15, 0.2) is 0 Å². The highest BCUT2D eigenvalue weighted by Crippen LogP contribution is 2.49. The van der Waals surface area contributed by atoms with Crippen LogP contribution in [-0.4, -0.2) is 61.6 Å². The first-order chi connectivity index (χ1) is 5.99. The maximum atomic E-state index is 2.66. The van der Waals surface area contributed by atoms with Gasteiger partial charge in [0.1, 0.15) is 39.2 Å². The first-order valence-corrected chi connectivity index (χ1v) is 5.77. The lowest BCUT2D eigenvalue weighted by Gasteiger charge is -2.44. The molecule has 1 rings (SSSR count). The molecule has 1 aliphatic heterocycles. The Kier molecular flexibility index (Phi) is 2.77. The van der Waals surface area contributed by atoms with E-state index in [-0.39, 0.29) is 5.54 Å². The molecular weight excluding hydrogens is 164 g/mol. The van der Waals surface area contributed by atoms with Crippen molar-refractivity contribution in [3.8, 4) is 0 Å². The Morgan fingerprint density at radius 1 is 1.14 bits per heavy atom. The van der Waals surface area contributed by atoms with Crippen LogP contribution in [0.2, 0.25) is 11.0 Å². The van der Waals surface area contributed by atoms with Gasteiger partial charge in [-0.15, -0.1) is 0 Å². The van der Waals surface area contributed by atoms with Crippen LogP contribution >= 0.6 is 0 Å². The van der Waals surface area contributed by atoms with Crippen molar-refractivity contribution in [1.82, 2.24) is 4.90 Å². The molecule has 1 heterocycles. The molecule has 0 aromatic heterocycles. The highest BCUT2D eigenvalue weighted by Gasteiger charge is 2.51. The number of hydrogen-bond acceptors (Lipinski definition) is 1. The van der Waals surface area contributed by atoms with Crippen molar-refractivity contribution in [3.63, 3.8) is 0 Å². The van der Waals surface area contributed by atoms with E-state index in [9.17, 15) is 0 Å². The third-order valence-corrected chi connectivity index (χ3v) is 4.30. The first-order valence-electron chi connectivity index (χ1n) is 5.77. The van der Waals surface area contributed by atoms with E-state index in [0.717, 1.165) is 5.82 Å². The molecule has 0 N–H and O–H groups in total. The van der Waals surface area contributed by atoms with Gasteiger partial charge in [0.25, 0.3) is 0 Å². The predicted octanol–water partition coefficient (Wildman–Crippen LogP) is -3.18. The monoisotopic (exact) mass is 187 g/mol. The van der Waals surface area contributed by atoms with Crippen LogP contribution in [0.25, 0.3) is 0 Å². The smallest absolute Gasteiger partial charge is 0.116 e. The van der Waals surface area contributed by atoms with Gasteiger partial charge in [0, 0.05) is 5.54 Å². The molecule has 74 valence electrons. The highest BCUT2D eigenvalue weighted by molar-refractivity contribution is 6.51. The maximum Gasteiger partial charge on any atom is 0.116 e. The van der Waals surface area contributed by atoms with Crippen molar-refractivity contribution in [2.24, 2.45) is 0 Å². The van der Waals surface area contributed by atoms with Crippen molar-refractivity contribution < 1.29 is 0 Å². The fourth-order valence-electron chi connectivity index (χ4n) is 3.04. The molecule has 0 aromatic rings. The second-order valence-electron chi connectivity index (χ2n) is 7.12. The van der Waals surface area contributed by atoms with Crippen LogP contribution in [0.1, 0.15) is 20.8 Å². The van der Waals surface area contributed by atoms with Crippen molar-refractivity contribution in [3.05, 3.63) is 0 Å². The summed E-state index contributed by atoms with van der Waals surface area (Å²) in [5.41, 5.74) is 0.283. The van der Waals surface area contributed by atoms with Gasteiger partial charge in [-0.25, -0.2) is 0 Å². The Morgan fingerprint density at radius 2 is 1.57 bits per heavy atom. The summed E-state index contributed by atoms with van der Waals surface area (Å²) in [6, 6.07) is 0. The molecule has 0 aliphatic carbocycles. The van der Waals surface area contributed by atoms with Crippen LogP contribution in [0.5, 0.6) is 0 Å². The third-order valence-electron chi connectivity index (χ3n) is 4.30. The molecule has 0 amide bonds. The van der Waals surface area contributed by atoms with Gasteiger partial charge >= 0.3 is 0 Å². The zero-order chi connectivity index (χ0) is 11.4. The van der Waals surface area contributed by atoms with Crippen LogP contribution in [0.3, 0.4) is 0 Å². The molecule has 1 aliphatic rings. The largest absolute Gasteiger partial charge is 0.310 e. The lowest BCUT2D eigenvalue weighted by Crippen LogP contribution is -2.55. The molecule has 14 heavy (non-hydrogen) atoms. The summed E-state index contributed by atoms with van der Waals surface area (Å²) in [6.45, 7) is 8.18. The Labute approximate surface area is 93.8 Å². The lowest BCUT2D eigenvalue weighted by atomic mass is 9.36. The van der Waals surface area contributed by atoms with Crippen molar-refractivity contribution in [2.75, 3.05) is 6.54 Å². The van der Waals surface area contributed by atoms with Gasteiger partial charge in [0.2, 0.25) is 0 Å². The van der Waals surface area contributed by atoms with Crippen molar-refractivity contribution >= 4 is 39.2 Å². The van der Waals surface area contributed by atoms with Gasteiger partial charge in [-0.05, 0) is 32.7 Å². The highest BCUT2D eigenvalue weighted by atomic mass is 15.3. The summed E-state index contributed by atoms with van der Waals surface area (Å²) in [5, 5.41) is 0.762. The van der Waals surface area contributed by atoms with Crippen LogP contribution in [0, 0.1) is 0 Å². The molecule has 1 unspecified atom stereocenters. The first kappa shape index (κ1) is 12.4. The summed E-state index contributed by atoms with van der Waals surface area (Å²) >= 11 is 0. The molecule has 0 radical (unpaired) electrons. The van der Waals surface area contributed by atoms with E-state index in [1.807, 2.05) is 0 Å². The van der Waals surface area contributed by atoms with Crippen molar-refractivity contribution in [1.29, 1.82) is 0 Å². The predicted molar refractivity (Wildman–Crippen MR) is 78.4 cm³/mol. The number of nitrogens with zero attached hydrogens (tertiary/aromatic N) is 1. The molecular formula is C8H22B5N. The normalized spacial score (nSPS) is 31.8. The minimum Gasteiger partial charge on any atom is -0.310 e. The number of rotatable bonds is 0. The minimum atomic E-state index is 0.283. The SMILES string of the molecule is BC1C(B)(B)CN(C(C)(C)C)C1(B)B. The van der Waals surface area contributed by atoms with E-state index in [2.05, 4.69) is 64.9 Å². The van der Waals surface area contributed by atoms with Gasteiger partial charge in [-0.3, -0.25) is 0 Å². The molecule has 1 fully saturated rings. The summed E-state index contributed by atoms with van der Waals surface area (Å²) in [6.07, 6.45) is 0. The van der Waals surface area contributed by atoms with Gasteiger partial charge in [-0.2, -0.15) is 0 Å². The average Bonchev–Trinajstić information content (AvgIpc) is 2.10.